The third-order valence-corrected chi connectivity index (χ3v) is 3.72. The predicted octanol–water partition coefficient (Wildman–Crippen LogP) is 3.45. The van der Waals surface area contributed by atoms with Crippen molar-refractivity contribution in [3.05, 3.63) is 58.9 Å². The highest BCUT2D eigenvalue weighted by Crippen LogP contribution is 2.24. The first-order valence-electron chi connectivity index (χ1n) is 7.17. The Morgan fingerprint density at radius 3 is 2.64 bits per heavy atom. The Morgan fingerprint density at radius 1 is 1.27 bits per heavy atom. The van der Waals surface area contributed by atoms with Crippen LogP contribution in [0.4, 0.5) is 0 Å². The van der Waals surface area contributed by atoms with Gasteiger partial charge in [0.05, 0.1) is 12.7 Å². The molecular formula is C17H19ClN2O2. The third kappa shape index (κ3) is 3.98. The number of hydrogen-bond donors (Lipinski definition) is 0. The number of nitrogens with zero attached hydrogens (tertiary/aromatic N) is 2. The summed E-state index contributed by atoms with van der Waals surface area (Å²) in [5, 5.41) is 0.523. The fourth-order valence-electron chi connectivity index (χ4n) is 2.23. The Hall–Kier alpha value is -2.07. The van der Waals surface area contributed by atoms with Crippen LogP contribution in [0.5, 0.6) is 5.75 Å². The first-order chi connectivity index (χ1) is 10.7. The van der Waals surface area contributed by atoms with E-state index in [9.17, 15) is 4.79 Å². The van der Waals surface area contributed by atoms with Crippen molar-refractivity contribution in [2.75, 3.05) is 20.2 Å². The lowest BCUT2D eigenvalue weighted by molar-refractivity contribution is 0.0763. The number of likely N-dealkylation sites (N-methyl/N-ethyl adjacent to an activating group) is 1. The second-order valence-electron chi connectivity index (χ2n) is 4.83. The van der Waals surface area contributed by atoms with E-state index in [2.05, 4.69) is 4.98 Å². The number of pyridine rings is 1. The standard InChI is InChI=1S/C17H19ClN2O2/c1-3-20(11-8-13-6-9-19-10-7-13)17(21)15-12-14(18)4-5-16(15)22-2/h4-7,9-10,12H,3,8,11H2,1-2H3. The second-order valence-corrected chi connectivity index (χ2v) is 5.27. The van der Waals surface area contributed by atoms with Gasteiger partial charge in [-0.15, -0.1) is 0 Å². The Labute approximate surface area is 135 Å². The van der Waals surface area contributed by atoms with Crippen molar-refractivity contribution >= 4 is 17.5 Å². The van der Waals surface area contributed by atoms with Crippen LogP contribution >= 0.6 is 11.6 Å². The van der Waals surface area contributed by atoms with Crippen LogP contribution in [0.3, 0.4) is 0 Å². The number of amides is 1. The quantitative estimate of drug-likeness (QED) is 0.819. The summed E-state index contributed by atoms with van der Waals surface area (Å²) in [5.74, 6) is 0.465. The topological polar surface area (TPSA) is 42.4 Å². The molecule has 1 heterocycles. The number of aromatic nitrogens is 1. The molecule has 0 unspecified atom stereocenters. The fraction of sp³-hybridized carbons (Fsp3) is 0.294. The molecule has 0 N–H and O–H groups in total. The van der Waals surface area contributed by atoms with E-state index in [1.54, 1.807) is 42.6 Å². The van der Waals surface area contributed by atoms with E-state index >= 15 is 0 Å². The summed E-state index contributed by atoms with van der Waals surface area (Å²) in [6.45, 7) is 3.22. The summed E-state index contributed by atoms with van der Waals surface area (Å²) in [5.41, 5.74) is 1.64. The third-order valence-electron chi connectivity index (χ3n) is 3.48. The first-order valence-corrected chi connectivity index (χ1v) is 7.55. The Bertz CT molecular complexity index is 632. The zero-order valence-electron chi connectivity index (χ0n) is 12.8. The number of rotatable bonds is 6. The summed E-state index contributed by atoms with van der Waals surface area (Å²) < 4.78 is 5.26. The van der Waals surface area contributed by atoms with Crippen molar-refractivity contribution in [3.63, 3.8) is 0 Å². The predicted molar refractivity (Wildman–Crippen MR) is 87.5 cm³/mol. The van der Waals surface area contributed by atoms with Crippen LogP contribution in [-0.4, -0.2) is 36.0 Å². The van der Waals surface area contributed by atoms with Crippen molar-refractivity contribution in [2.24, 2.45) is 0 Å². The second kappa shape index (κ2) is 7.80. The summed E-state index contributed by atoms with van der Waals surface area (Å²) in [7, 11) is 1.55. The summed E-state index contributed by atoms with van der Waals surface area (Å²) in [6.07, 6.45) is 4.30. The lowest BCUT2D eigenvalue weighted by atomic mass is 10.1. The number of benzene rings is 1. The summed E-state index contributed by atoms with van der Waals surface area (Å²) in [6, 6.07) is 8.99. The Morgan fingerprint density at radius 2 is 2.00 bits per heavy atom. The first kappa shape index (κ1) is 16.3. The molecule has 0 bridgehead atoms. The molecule has 0 aliphatic carbocycles. The van der Waals surface area contributed by atoms with Crippen molar-refractivity contribution in [1.29, 1.82) is 0 Å². The van der Waals surface area contributed by atoms with Gasteiger partial charge in [0.25, 0.3) is 5.91 Å². The lowest BCUT2D eigenvalue weighted by Gasteiger charge is -2.22. The molecule has 0 atom stereocenters. The monoisotopic (exact) mass is 318 g/mol. The van der Waals surface area contributed by atoms with Crippen LogP contribution in [0.2, 0.25) is 5.02 Å². The zero-order chi connectivity index (χ0) is 15.9. The van der Waals surface area contributed by atoms with E-state index in [-0.39, 0.29) is 5.91 Å². The van der Waals surface area contributed by atoms with Gasteiger partial charge in [-0.05, 0) is 49.2 Å². The number of halogens is 1. The van der Waals surface area contributed by atoms with Gasteiger partial charge in [-0.25, -0.2) is 0 Å². The molecule has 2 aromatic rings. The van der Waals surface area contributed by atoms with Gasteiger partial charge >= 0.3 is 0 Å². The highest BCUT2D eigenvalue weighted by Gasteiger charge is 2.18. The maximum atomic E-state index is 12.7. The molecule has 1 aromatic heterocycles. The summed E-state index contributed by atoms with van der Waals surface area (Å²) in [4.78, 5) is 18.5. The van der Waals surface area contributed by atoms with E-state index in [1.165, 1.54) is 0 Å². The average molecular weight is 319 g/mol. The van der Waals surface area contributed by atoms with Crippen LogP contribution in [0.25, 0.3) is 0 Å². The van der Waals surface area contributed by atoms with Crippen LogP contribution in [-0.2, 0) is 6.42 Å². The number of methoxy groups -OCH3 is 1. The zero-order valence-corrected chi connectivity index (χ0v) is 13.5. The molecule has 0 fully saturated rings. The van der Waals surface area contributed by atoms with Gasteiger partial charge in [0, 0.05) is 30.5 Å². The molecule has 0 saturated carbocycles. The van der Waals surface area contributed by atoms with E-state index in [4.69, 9.17) is 16.3 Å². The molecule has 0 spiro atoms. The minimum Gasteiger partial charge on any atom is -0.496 e. The fourth-order valence-corrected chi connectivity index (χ4v) is 2.41. The smallest absolute Gasteiger partial charge is 0.257 e. The SMILES string of the molecule is CCN(CCc1ccncc1)C(=O)c1cc(Cl)ccc1OC. The van der Waals surface area contributed by atoms with Gasteiger partial charge in [0.2, 0.25) is 0 Å². The molecule has 116 valence electrons. The largest absolute Gasteiger partial charge is 0.496 e. The summed E-state index contributed by atoms with van der Waals surface area (Å²) >= 11 is 6.01. The molecule has 0 saturated heterocycles. The van der Waals surface area contributed by atoms with Gasteiger partial charge in [0.15, 0.2) is 0 Å². The molecule has 1 amide bonds. The van der Waals surface area contributed by atoms with Crippen molar-refractivity contribution in [3.8, 4) is 5.75 Å². The normalized spacial score (nSPS) is 10.3. The molecule has 5 heteroatoms. The van der Waals surface area contributed by atoms with Gasteiger partial charge in [-0.2, -0.15) is 0 Å². The van der Waals surface area contributed by atoms with Crippen LogP contribution < -0.4 is 4.74 Å². The van der Waals surface area contributed by atoms with Crippen molar-refractivity contribution in [1.82, 2.24) is 9.88 Å². The molecule has 2 rings (SSSR count). The van der Waals surface area contributed by atoms with E-state index in [0.29, 0.717) is 29.4 Å². The average Bonchev–Trinajstić information content (AvgIpc) is 2.56. The molecule has 0 aliphatic heterocycles. The minimum atomic E-state index is -0.0732. The van der Waals surface area contributed by atoms with Crippen LogP contribution in [0.1, 0.15) is 22.8 Å². The lowest BCUT2D eigenvalue weighted by Crippen LogP contribution is -2.33. The van der Waals surface area contributed by atoms with Gasteiger partial charge < -0.3 is 9.64 Å². The van der Waals surface area contributed by atoms with Crippen molar-refractivity contribution in [2.45, 2.75) is 13.3 Å². The molecule has 22 heavy (non-hydrogen) atoms. The number of carbonyl (C=O) groups is 1. The maximum absolute atomic E-state index is 12.7. The van der Waals surface area contributed by atoms with Crippen LogP contribution in [0, 0.1) is 0 Å². The Balaban J connectivity index is 2.13. The molecular weight excluding hydrogens is 300 g/mol. The number of ether oxygens (including phenoxy) is 1. The molecule has 0 aliphatic rings. The van der Waals surface area contributed by atoms with E-state index in [0.717, 1.165) is 12.0 Å². The molecule has 1 aromatic carbocycles. The van der Waals surface area contributed by atoms with E-state index in [1.807, 2.05) is 19.1 Å². The number of hydrogen-bond acceptors (Lipinski definition) is 3. The molecule has 4 nitrogen and oxygen atoms in total. The van der Waals surface area contributed by atoms with Crippen LogP contribution in [0.15, 0.2) is 42.7 Å². The number of carbonyl (C=O) groups excluding carboxylic acids is 1. The van der Waals surface area contributed by atoms with Crippen molar-refractivity contribution < 1.29 is 9.53 Å². The highest BCUT2D eigenvalue weighted by molar-refractivity contribution is 6.31. The maximum Gasteiger partial charge on any atom is 0.257 e. The minimum absolute atomic E-state index is 0.0732. The van der Waals surface area contributed by atoms with Gasteiger partial charge in [0.1, 0.15) is 5.75 Å². The van der Waals surface area contributed by atoms with E-state index < -0.39 is 0 Å². The van der Waals surface area contributed by atoms with Gasteiger partial charge in [-0.3, -0.25) is 9.78 Å². The molecule has 0 radical (unpaired) electrons. The highest BCUT2D eigenvalue weighted by atomic mass is 35.5. The Kier molecular flexibility index (Phi) is 5.78. The van der Waals surface area contributed by atoms with Gasteiger partial charge in [-0.1, -0.05) is 11.6 Å².